The molecule has 0 bridgehead atoms. The fourth-order valence-electron chi connectivity index (χ4n) is 2.87. The number of nitrogens with one attached hydrogen (secondary N) is 1. The highest BCUT2D eigenvalue weighted by molar-refractivity contribution is 5.56. The van der Waals surface area contributed by atoms with Gasteiger partial charge in [-0.25, -0.2) is 0 Å². The van der Waals surface area contributed by atoms with Gasteiger partial charge >= 0.3 is 0 Å². The van der Waals surface area contributed by atoms with Crippen molar-refractivity contribution < 1.29 is 14.2 Å². The van der Waals surface area contributed by atoms with Gasteiger partial charge in [0, 0.05) is 13.2 Å². The van der Waals surface area contributed by atoms with Gasteiger partial charge < -0.3 is 19.5 Å². The Labute approximate surface area is 150 Å². The minimum absolute atomic E-state index is 0.225. The van der Waals surface area contributed by atoms with Crippen molar-refractivity contribution in [1.29, 1.82) is 0 Å². The first-order chi connectivity index (χ1) is 12.3. The third-order valence-corrected chi connectivity index (χ3v) is 4.35. The predicted molar refractivity (Wildman–Crippen MR) is 101 cm³/mol. The minimum Gasteiger partial charge on any atom is -0.492 e. The van der Waals surface area contributed by atoms with Crippen LogP contribution in [0.2, 0.25) is 0 Å². The summed E-state index contributed by atoms with van der Waals surface area (Å²) in [6.45, 7) is 4.93. The molecule has 0 aromatic heterocycles. The number of rotatable bonds is 9. The zero-order valence-electron chi connectivity index (χ0n) is 14.9. The average molecular weight is 341 g/mol. The molecule has 0 saturated carbocycles. The van der Waals surface area contributed by atoms with Crippen molar-refractivity contribution in [2.45, 2.75) is 32.3 Å². The largest absolute Gasteiger partial charge is 0.492 e. The summed E-state index contributed by atoms with van der Waals surface area (Å²) in [5, 5.41) is 3.39. The van der Waals surface area contributed by atoms with Crippen LogP contribution in [0.1, 0.15) is 25.3 Å². The molecule has 2 aromatic rings. The van der Waals surface area contributed by atoms with Crippen LogP contribution >= 0.6 is 0 Å². The van der Waals surface area contributed by atoms with E-state index in [0.29, 0.717) is 13.2 Å². The summed E-state index contributed by atoms with van der Waals surface area (Å²) in [7, 11) is 0. The lowest BCUT2D eigenvalue weighted by molar-refractivity contribution is 0.0682. The van der Waals surface area contributed by atoms with Crippen molar-refractivity contribution in [2.24, 2.45) is 0 Å². The van der Waals surface area contributed by atoms with Crippen LogP contribution < -0.4 is 14.8 Å². The fourth-order valence-corrected chi connectivity index (χ4v) is 2.87. The first-order valence-electron chi connectivity index (χ1n) is 9.14. The maximum atomic E-state index is 5.93. The summed E-state index contributed by atoms with van der Waals surface area (Å²) < 4.78 is 17.3. The molecule has 1 aliphatic heterocycles. The van der Waals surface area contributed by atoms with Crippen molar-refractivity contribution in [1.82, 2.24) is 0 Å². The van der Waals surface area contributed by atoms with Gasteiger partial charge in [0.1, 0.15) is 24.7 Å². The molecule has 1 saturated heterocycles. The van der Waals surface area contributed by atoms with E-state index in [1.165, 1.54) is 5.56 Å². The molecule has 0 amide bonds. The molecule has 0 aliphatic carbocycles. The van der Waals surface area contributed by atoms with Crippen molar-refractivity contribution in [3.05, 3.63) is 54.1 Å². The molecule has 0 radical (unpaired) electrons. The van der Waals surface area contributed by atoms with Crippen LogP contribution in [-0.4, -0.2) is 32.5 Å². The van der Waals surface area contributed by atoms with E-state index in [9.17, 15) is 0 Å². The normalized spacial score (nSPS) is 16.6. The number of para-hydroxylation sites is 2. The van der Waals surface area contributed by atoms with Gasteiger partial charge in [0.2, 0.25) is 0 Å². The van der Waals surface area contributed by atoms with Crippen molar-refractivity contribution in [3.8, 4) is 11.5 Å². The maximum Gasteiger partial charge on any atom is 0.142 e. The summed E-state index contributed by atoms with van der Waals surface area (Å²) in [5.41, 5.74) is 2.31. The van der Waals surface area contributed by atoms with E-state index >= 15 is 0 Å². The summed E-state index contributed by atoms with van der Waals surface area (Å²) in [6.07, 6.45) is 3.48. The quantitative estimate of drug-likeness (QED) is 0.691. The Morgan fingerprint density at radius 2 is 1.92 bits per heavy atom. The highest BCUT2D eigenvalue weighted by Crippen LogP contribution is 2.25. The van der Waals surface area contributed by atoms with Crippen molar-refractivity contribution in [2.75, 3.05) is 31.7 Å². The van der Waals surface area contributed by atoms with Gasteiger partial charge in [0.15, 0.2) is 0 Å². The summed E-state index contributed by atoms with van der Waals surface area (Å²) in [6, 6.07) is 16.3. The first-order valence-corrected chi connectivity index (χ1v) is 9.14. The van der Waals surface area contributed by atoms with Crippen LogP contribution in [-0.2, 0) is 11.2 Å². The second-order valence-electron chi connectivity index (χ2n) is 6.21. The third-order valence-electron chi connectivity index (χ3n) is 4.35. The monoisotopic (exact) mass is 341 g/mol. The van der Waals surface area contributed by atoms with E-state index in [4.69, 9.17) is 14.2 Å². The van der Waals surface area contributed by atoms with Gasteiger partial charge in [-0.3, -0.25) is 0 Å². The molecule has 4 heteroatoms. The molecule has 134 valence electrons. The predicted octanol–water partition coefficient (Wildman–Crippen LogP) is 4.30. The number of hydrogen-bond acceptors (Lipinski definition) is 4. The van der Waals surface area contributed by atoms with E-state index in [-0.39, 0.29) is 6.10 Å². The topological polar surface area (TPSA) is 39.7 Å². The lowest BCUT2D eigenvalue weighted by Gasteiger charge is -2.16. The molecule has 2 aromatic carbocycles. The minimum atomic E-state index is 0.225. The van der Waals surface area contributed by atoms with E-state index in [1.807, 2.05) is 36.4 Å². The first kappa shape index (κ1) is 17.6. The molecule has 3 rings (SSSR count). The van der Waals surface area contributed by atoms with Gasteiger partial charge in [-0.15, -0.1) is 0 Å². The molecule has 1 fully saturated rings. The molecule has 1 unspecified atom stereocenters. The van der Waals surface area contributed by atoms with Crippen molar-refractivity contribution >= 4 is 5.69 Å². The van der Waals surface area contributed by atoms with Gasteiger partial charge in [-0.2, -0.15) is 0 Å². The molecule has 4 nitrogen and oxygen atoms in total. The molecule has 25 heavy (non-hydrogen) atoms. The summed E-state index contributed by atoms with van der Waals surface area (Å²) in [4.78, 5) is 0. The Kier molecular flexibility index (Phi) is 6.57. The Morgan fingerprint density at radius 3 is 2.68 bits per heavy atom. The van der Waals surface area contributed by atoms with Gasteiger partial charge in [-0.1, -0.05) is 31.2 Å². The smallest absolute Gasteiger partial charge is 0.142 e. The van der Waals surface area contributed by atoms with Crippen LogP contribution in [0.4, 0.5) is 5.69 Å². The van der Waals surface area contributed by atoms with Crippen LogP contribution in [0.5, 0.6) is 11.5 Å². The van der Waals surface area contributed by atoms with Crippen LogP contribution in [0.15, 0.2) is 48.5 Å². The number of aryl methyl sites for hydroxylation is 1. The number of ether oxygens (including phenoxy) is 3. The second kappa shape index (κ2) is 9.33. The molecule has 1 aliphatic rings. The molecule has 0 spiro atoms. The lowest BCUT2D eigenvalue weighted by atomic mass is 10.2. The van der Waals surface area contributed by atoms with Gasteiger partial charge in [0.25, 0.3) is 0 Å². The van der Waals surface area contributed by atoms with Gasteiger partial charge in [-0.05, 0) is 49.1 Å². The van der Waals surface area contributed by atoms with Crippen LogP contribution in [0.25, 0.3) is 0 Å². The second-order valence-corrected chi connectivity index (χ2v) is 6.21. The zero-order chi connectivity index (χ0) is 17.3. The van der Waals surface area contributed by atoms with Crippen LogP contribution in [0, 0.1) is 0 Å². The molecule has 1 N–H and O–H groups in total. The van der Waals surface area contributed by atoms with E-state index in [2.05, 4.69) is 24.4 Å². The number of benzene rings is 2. The van der Waals surface area contributed by atoms with E-state index in [0.717, 1.165) is 49.6 Å². The molecular weight excluding hydrogens is 314 g/mol. The molecule has 1 atom stereocenters. The highest BCUT2D eigenvalue weighted by Gasteiger charge is 2.16. The third kappa shape index (κ3) is 5.40. The Hall–Kier alpha value is -2.20. The van der Waals surface area contributed by atoms with Gasteiger partial charge in [0.05, 0.1) is 11.8 Å². The standard InChI is InChI=1S/C21H27NO3/c1-2-17-9-11-18(12-10-17)24-15-13-22-20-7-3-4-8-21(20)25-16-19-6-5-14-23-19/h3-4,7-12,19,22H,2,5-6,13-16H2,1H3. The SMILES string of the molecule is CCc1ccc(OCCNc2ccccc2OCC2CCCO2)cc1. The zero-order valence-corrected chi connectivity index (χ0v) is 14.9. The summed E-state index contributed by atoms with van der Waals surface area (Å²) in [5.74, 6) is 1.77. The fraction of sp³-hybridized carbons (Fsp3) is 0.429. The Morgan fingerprint density at radius 1 is 1.08 bits per heavy atom. The number of anilines is 1. The van der Waals surface area contributed by atoms with E-state index < -0.39 is 0 Å². The highest BCUT2D eigenvalue weighted by atomic mass is 16.5. The molecule has 1 heterocycles. The number of hydrogen-bond donors (Lipinski definition) is 1. The van der Waals surface area contributed by atoms with Crippen LogP contribution in [0.3, 0.4) is 0 Å². The Balaban J connectivity index is 1.44. The van der Waals surface area contributed by atoms with Crippen molar-refractivity contribution in [3.63, 3.8) is 0 Å². The maximum absolute atomic E-state index is 5.93. The van der Waals surface area contributed by atoms with E-state index in [1.54, 1.807) is 0 Å². The Bertz CT molecular complexity index is 636. The molecular formula is C21H27NO3. The average Bonchev–Trinajstić information content (AvgIpc) is 3.18. The summed E-state index contributed by atoms with van der Waals surface area (Å²) >= 11 is 0. The lowest BCUT2D eigenvalue weighted by Crippen LogP contribution is -2.17.